The molecule has 0 saturated heterocycles. The highest BCUT2D eigenvalue weighted by Gasteiger charge is 2.35. The van der Waals surface area contributed by atoms with E-state index in [4.69, 9.17) is 0 Å². The normalized spacial score (nSPS) is 10.7. The van der Waals surface area contributed by atoms with Gasteiger partial charge in [0, 0.05) is 24.3 Å². The lowest BCUT2D eigenvalue weighted by Crippen LogP contribution is -2.08. The average molecular weight is 330 g/mol. The molecule has 0 fully saturated rings. The highest BCUT2D eigenvalue weighted by molar-refractivity contribution is 5.70. The number of hydrogen-bond donors (Lipinski definition) is 0. The Bertz CT molecular complexity index is 744. The molecule has 10 heteroatoms. The minimum Gasteiger partial charge on any atom is -0.412 e. The van der Waals surface area contributed by atoms with Gasteiger partial charge in [-0.3, -0.25) is 20.2 Å². The molecule has 2 rings (SSSR count). The molecule has 0 atom stereocenters. The van der Waals surface area contributed by atoms with Gasteiger partial charge in [0.05, 0.1) is 15.4 Å². The Morgan fingerprint density at radius 2 is 1.30 bits per heavy atom. The number of nitrogens with zero attached hydrogens (tertiary/aromatic N) is 2. The molecule has 0 aliphatic rings. The monoisotopic (exact) mass is 330 g/mol. The van der Waals surface area contributed by atoms with Gasteiger partial charge < -0.3 is 5.48 Å². The lowest BCUT2D eigenvalue weighted by molar-refractivity contribution is -0.385. The summed E-state index contributed by atoms with van der Waals surface area (Å²) in [5, 5.41) is 21.2. The van der Waals surface area contributed by atoms with E-state index in [2.05, 4.69) is 0 Å². The molecule has 122 valence electrons. The molecule has 0 spiro atoms. The summed E-state index contributed by atoms with van der Waals surface area (Å²) in [5.74, 6) is 0. The third kappa shape index (κ3) is 3.80. The number of rotatable bonds is 3. The van der Waals surface area contributed by atoms with Crippen LogP contribution in [0, 0.1) is 20.2 Å². The van der Waals surface area contributed by atoms with Gasteiger partial charge in [-0.25, -0.2) is 0 Å². The summed E-state index contributed by atoms with van der Waals surface area (Å²) in [6.07, 6.45) is -4.79. The molecule has 0 bridgehead atoms. The third-order valence-electron chi connectivity index (χ3n) is 2.91. The first-order valence-electron chi connectivity index (χ1n) is 5.80. The van der Waals surface area contributed by atoms with Crippen LogP contribution in [0.1, 0.15) is 5.56 Å². The lowest BCUT2D eigenvalue weighted by Gasteiger charge is -2.12. The number of nitro groups is 2. The fourth-order valence-corrected chi connectivity index (χ4v) is 1.89. The van der Waals surface area contributed by atoms with Crippen molar-refractivity contribution < 1.29 is 28.5 Å². The van der Waals surface area contributed by atoms with Crippen molar-refractivity contribution in [2.45, 2.75) is 6.18 Å². The van der Waals surface area contributed by atoms with Crippen molar-refractivity contribution in [3.8, 4) is 11.1 Å². The van der Waals surface area contributed by atoms with Crippen molar-refractivity contribution in [1.82, 2.24) is 0 Å². The van der Waals surface area contributed by atoms with Crippen LogP contribution in [0.5, 0.6) is 0 Å². The average Bonchev–Trinajstić information content (AvgIpc) is 2.45. The largest absolute Gasteiger partial charge is 0.417 e. The zero-order valence-corrected chi connectivity index (χ0v) is 11.2. The third-order valence-corrected chi connectivity index (χ3v) is 2.91. The maximum absolute atomic E-state index is 13.1. The Kier molecular flexibility index (Phi) is 5.02. The minimum atomic E-state index is -4.79. The van der Waals surface area contributed by atoms with Crippen molar-refractivity contribution in [2.24, 2.45) is 0 Å². The molecule has 0 aromatic heterocycles. The predicted molar refractivity (Wildman–Crippen MR) is 73.8 cm³/mol. The topological polar surface area (TPSA) is 118 Å². The lowest BCUT2D eigenvalue weighted by atomic mass is 9.98. The van der Waals surface area contributed by atoms with Crippen LogP contribution in [0.2, 0.25) is 0 Å². The van der Waals surface area contributed by atoms with Gasteiger partial charge in [0.2, 0.25) is 0 Å². The molecule has 0 amide bonds. The Labute approximate surface area is 126 Å². The molecule has 0 aliphatic heterocycles. The summed E-state index contributed by atoms with van der Waals surface area (Å²) in [6, 6.07) is 6.82. The summed E-state index contributed by atoms with van der Waals surface area (Å²) >= 11 is 0. The molecule has 0 saturated carbocycles. The van der Waals surface area contributed by atoms with Gasteiger partial charge in [-0.1, -0.05) is 0 Å². The summed E-state index contributed by atoms with van der Waals surface area (Å²) in [7, 11) is 0. The van der Waals surface area contributed by atoms with E-state index >= 15 is 0 Å². The van der Waals surface area contributed by atoms with Crippen LogP contribution in [0.3, 0.4) is 0 Å². The Morgan fingerprint density at radius 1 is 0.826 bits per heavy atom. The van der Waals surface area contributed by atoms with Crippen LogP contribution in [-0.4, -0.2) is 15.3 Å². The van der Waals surface area contributed by atoms with Gasteiger partial charge in [0.15, 0.2) is 0 Å². The smallest absolute Gasteiger partial charge is 0.412 e. The predicted octanol–water partition coefficient (Wildman–Crippen LogP) is 3.36. The van der Waals surface area contributed by atoms with E-state index in [0.29, 0.717) is 6.07 Å². The molecule has 0 heterocycles. The van der Waals surface area contributed by atoms with Gasteiger partial charge in [-0.15, -0.1) is 0 Å². The Hall–Kier alpha value is -3.01. The standard InChI is InChI=1S/C13H7F3N2O4.H2O/c14-13(15,16)12-7-10(18(21)22)5-6-11(12)8-1-3-9(4-2-8)17(19)20;/h1-7H;1H2. The number of hydrogen-bond acceptors (Lipinski definition) is 4. The van der Waals surface area contributed by atoms with Crippen LogP contribution in [0.4, 0.5) is 24.5 Å². The molecule has 7 nitrogen and oxygen atoms in total. The van der Waals surface area contributed by atoms with Crippen LogP contribution < -0.4 is 0 Å². The minimum absolute atomic E-state index is 0. The van der Waals surface area contributed by atoms with Gasteiger partial charge in [-0.05, 0) is 29.3 Å². The van der Waals surface area contributed by atoms with Crippen molar-refractivity contribution in [3.05, 3.63) is 68.3 Å². The van der Waals surface area contributed by atoms with E-state index in [1.807, 2.05) is 0 Å². The van der Waals surface area contributed by atoms with Crippen molar-refractivity contribution >= 4 is 11.4 Å². The first-order valence-corrected chi connectivity index (χ1v) is 5.80. The van der Waals surface area contributed by atoms with E-state index in [9.17, 15) is 33.4 Å². The molecule has 0 radical (unpaired) electrons. The quantitative estimate of drug-likeness (QED) is 0.633. The molecule has 2 aromatic rings. The van der Waals surface area contributed by atoms with E-state index in [0.717, 1.165) is 36.4 Å². The van der Waals surface area contributed by atoms with Gasteiger partial charge >= 0.3 is 6.18 Å². The van der Waals surface area contributed by atoms with E-state index in [1.54, 1.807) is 0 Å². The van der Waals surface area contributed by atoms with Gasteiger partial charge in [0.25, 0.3) is 11.4 Å². The second-order valence-electron chi connectivity index (χ2n) is 4.29. The fraction of sp³-hybridized carbons (Fsp3) is 0.0769. The van der Waals surface area contributed by atoms with E-state index in [1.165, 1.54) is 0 Å². The number of non-ortho nitro benzene ring substituents is 2. The van der Waals surface area contributed by atoms with Crippen molar-refractivity contribution in [1.29, 1.82) is 0 Å². The number of nitro benzene ring substituents is 2. The second-order valence-corrected chi connectivity index (χ2v) is 4.29. The molecule has 0 aliphatic carbocycles. The molecular weight excluding hydrogens is 321 g/mol. The van der Waals surface area contributed by atoms with E-state index in [-0.39, 0.29) is 22.3 Å². The summed E-state index contributed by atoms with van der Waals surface area (Å²) in [6.45, 7) is 0. The summed E-state index contributed by atoms with van der Waals surface area (Å²) < 4.78 is 39.2. The maximum atomic E-state index is 13.1. The highest BCUT2D eigenvalue weighted by Crippen LogP contribution is 2.39. The molecule has 0 unspecified atom stereocenters. The number of benzene rings is 2. The summed E-state index contributed by atoms with van der Waals surface area (Å²) in [4.78, 5) is 19.6. The molecular formula is C13H9F3N2O5. The van der Waals surface area contributed by atoms with Crippen LogP contribution in [0.15, 0.2) is 42.5 Å². The van der Waals surface area contributed by atoms with Gasteiger partial charge in [0.1, 0.15) is 0 Å². The Balaban J connectivity index is 0.00000264. The zero-order chi connectivity index (χ0) is 16.5. The van der Waals surface area contributed by atoms with Crippen LogP contribution in [0.25, 0.3) is 11.1 Å². The number of alkyl halides is 3. The fourth-order valence-electron chi connectivity index (χ4n) is 1.89. The summed E-state index contributed by atoms with van der Waals surface area (Å²) in [5.41, 5.74) is -2.33. The van der Waals surface area contributed by atoms with Crippen molar-refractivity contribution in [2.75, 3.05) is 0 Å². The van der Waals surface area contributed by atoms with E-state index < -0.39 is 27.3 Å². The molecule has 2 N–H and O–H groups in total. The molecule has 2 aromatic carbocycles. The first kappa shape index (κ1) is 18.0. The molecule has 23 heavy (non-hydrogen) atoms. The Morgan fingerprint density at radius 3 is 1.74 bits per heavy atom. The first-order chi connectivity index (χ1) is 10.2. The maximum Gasteiger partial charge on any atom is 0.417 e. The van der Waals surface area contributed by atoms with Crippen LogP contribution in [-0.2, 0) is 6.18 Å². The zero-order valence-electron chi connectivity index (χ0n) is 11.2. The van der Waals surface area contributed by atoms with Crippen molar-refractivity contribution in [3.63, 3.8) is 0 Å². The van der Waals surface area contributed by atoms with Crippen LogP contribution >= 0.6 is 0 Å². The second kappa shape index (κ2) is 6.40. The highest BCUT2D eigenvalue weighted by atomic mass is 19.4. The van der Waals surface area contributed by atoms with Gasteiger partial charge in [-0.2, -0.15) is 13.2 Å². The number of halogens is 3. The SMILES string of the molecule is O.O=[N+]([O-])c1ccc(-c2ccc([N+](=O)[O-])cc2C(F)(F)F)cc1.